The van der Waals surface area contributed by atoms with E-state index < -0.39 is 28.5 Å². The van der Waals surface area contributed by atoms with Crippen molar-refractivity contribution in [1.82, 2.24) is 4.90 Å². The van der Waals surface area contributed by atoms with Gasteiger partial charge in [-0.2, -0.15) is 0 Å². The molecule has 1 fully saturated rings. The third-order valence-electron chi connectivity index (χ3n) is 9.91. The maximum absolute atomic E-state index is 13.6. The monoisotopic (exact) mass is 797 g/mol. The van der Waals surface area contributed by atoms with Crippen LogP contribution >= 0.6 is 15.9 Å². The first-order valence-corrected chi connectivity index (χ1v) is 23.3. The Morgan fingerprint density at radius 1 is 0.882 bits per heavy atom. The molecular formula is C39H56BrN3O6Si2. The lowest BCUT2D eigenvalue weighted by atomic mass is 10.1. The van der Waals surface area contributed by atoms with E-state index in [1.807, 2.05) is 42.5 Å². The number of rotatable bonds is 12. The van der Waals surface area contributed by atoms with Gasteiger partial charge in [0.25, 0.3) is 8.32 Å². The fraction of sp³-hybridized carbons (Fsp3) is 0.487. The maximum Gasteiger partial charge on any atom is 0.412 e. The molecule has 1 aliphatic heterocycles. The van der Waals surface area contributed by atoms with Crippen LogP contribution in [0.3, 0.4) is 0 Å². The highest BCUT2D eigenvalue weighted by Gasteiger charge is 2.50. The molecule has 0 spiro atoms. The van der Waals surface area contributed by atoms with Gasteiger partial charge >= 0.3 is 6.09 Å². The van der Waals surface area contributed by atoms with Crippen molar-refractivity contribution < 1.29 is 28.3 Å². The average molecular weight is 799 g/mol. The van der Waals surface area contributed by atoms with Gasteiger partial charge in [0.1, 0.15) is 6.61 Å². The molecule has 0 aliphatic carbocycles. The first-order chi connectivity index (χ1) is 23.7. The molecule has 12 heteroatoms. The van der Waals surface area contributed by atoms with Crippen molar-refractivity contribution in [3.63, 3.8) is 0 Å². The number of carbonyl (C=O) groups excluding carboxylic acids is 2. The zero-order valence-electron chi connectivity index (χ0n) is 31.6. The quantitative estimate of drug-likeness (QED) is 0.127. The number of nitrogens with one attached hydrogen (secondary N) is 2. The molecular weight excluding hydrogens is 743 g/mol. The number of aliphatic hydroxyl groups is 1. The number of hydrogen-bond acceptors (Lipinski definition) is 7. The number of nitrogens with zero attached hydrogens (tertiary/aromatic N) is 1. The highest BCUT2D eigenvalue weighted by molar-refractivity contribution is 9.10. The second kappa shape index (κ2) is 16.3. The predicted molar refractivity (Wildman–Crippen MR) is 215 cm³/mol. The van der Waals surface area contributed by atoms with Gasteiger partial charge in [0.05, 0.1) is 24.0 Å². The molecule has 51 heavy (non-hydrogen) atoms. The van der Waals surface area contributed by atoms with Crippen LogP contribution in [0.5, 0.6) is 0 Å². The Balaban J connectivity index is 1.43. The Bertz CT molecular complexity index is 1590. The summed E-state index contributed by atoms with van der Waals surface area (Å²) < 4.78 is 19.8. The molecule has 0 saturated carbocycles. The van der Waals surface area contributed by atoms with E-state index in [0.29, 0.717) is 24.5 Å². The topological polar surface area (TPSA) is 109 Å². The Kier molecular flexibility index (Phi) is 13.1. The third-order valence-corrected chi connectivity index (χ3v) is 19.9. The summed E-state index contributed by atoms with van der Waals surface area (Å²) in [5.41, 5.74) is 1.04. The van der Waals surface area contributed by atoms with E-state index in [0.717, 1.165) is 27.7 Å². The van der Waals surface area contributed by atoms with Crippen molar-refractivity contribution in [2.24, 2.45) is 0 Å². The van der Waals surface area contributed by atoms with Gasteiger partial charge in [-0.1, -0.05) is 118 Å². The van der Waals surface area contributed by atoms with Crippen LogP contribution in [0.2, 0.25) is 23.2 Å². The summed E-state index contributed by atoms with van der Waals surface area (Å²) in [5.74, 6) is -2.15. The first-order valence-electron chi connectivity index (χ1n) is 17.7. The van der Waals surface area contributed by atoms with Crippen LogP contribution in [0.15, 0.2) is 83.3 Å². The summed E-state index contributed by atoms with van der Waals surface area (Å²) in [6.45, 7) is 19.7. The number of amides is 2. The van der Waals surface area contributed by atoms with Crippen molar-refractivity contribution in [3.05, 3.63) is 83.3 Å². The highest BCUT2D eigenvalue weighted by atomic mass is 79.9. The van der Waals surface area contributed by atoms with Gasteiger partial charge in [0.2, 0.25) is 11.7 Å². The largest absolute Gasteiger partial charge is 0.415 e. The standard InChI is InChI=1S/C39H56BrN3O6Si2/c1-37(2,3)50(8,9)49-30-17-16-24-43(26-30)36(45)48-39(7,46)28-41-33-23-22-29(40)25-34(33)42-35(44)27-47-51(38(4,5)6,31-18-12-10-13-19-31)32-20-14-11-15-21-32/h10-15,18-23,25,30,41,46H,16-17,24,26-28H2,1-9H3,(H,42,44)/t30?,39-/m1/s1. The van der Waals surface area contributed by atoms with Crippen molar-refractivity contribution >= 4 is 66.3 Å². The SMILES string of the molecule is CC(C)(C)[Si](C)(C)OC1CCCN(C(=O)O[C@@](C)(O)CNc2ccc(Br)cc2NC(=O)CO[Si](c2ccccc2)(c2ccccc2)C(C)(C)C)C1. The zero-order valence-corrected chi connectivity index (χ0v) is 35.2. The van der Waals surface area contributed by atoms with Crippen LogP contribution in [0.1, 0.15) is 61.3 Å². The summed E-state index contributed by atoms with van der Waals surface area (Å²) in [6, 6.07) is 25.7. The minimum Gasteiger partial charge on any atom is -0.415 e. The van der Waals surface area contributed by atoms with Gasteiger partial charge in [-0.05, 0) is 64.6 Å². The third kappa shape index (κ3) is 10.3. The van der Waals surface area contributed by atoms with Crippen molar-refractivity contribution in [2.45, 2.75) is 96.4 Å². The summed E-state index contributed by atoms with van der Waals surface area (Å²) >= 11 is 3.51. The minimum atomic E-state index is -2.93. The van der Waals surface area contributed by atoms with Gasteiger partial charge in [-0.3, -0.25) is 4.79 Å². The molecule has 3 N–H and O–H groups in total. The van der Waals surface area contributed by atoms with E-state index >= 15 is 0 Å². The molecule has 2 atom stereocenters. The lowest BCUT2D eigenvalue weighted by Gasteiger charge is -2.42. The smallest absolute Gasteiger partial charge is 0.412 e. The minimum absolute atomic E-state index is 0.0621. The number of carbonyl (C=O) groups is 2. The first kappa shape index (κ1) is 40.8. The molecule has 1 aliphatic rings. The Labute approximate surface area is 314 Å². The van der Waals surface area contributed by atoms with E-state index in [1.165, 1.54) is 6.92 Å². The lowest BCUT2D eigenvalue weighted by Crippen LogP contribution is -2.67. The molecule has 278 valence electrons. The van der Waals surface area contributed by atoms with E-state index in [9.17, 15) is 14.7 Å². The molecule has 9 nitrogen and oxygen atoms in total. The fourth-order valence-corrected chi connectivity index (χ4v) is 12.5. The molecule has 0 radical (unpaired) electrons. The summed E-state index contributed by atoms with van der Waals surface area (Å²) in [6.07, 6.45) is 1.03. The maximum atomic E-state index is 13.6. The normalized spacial score (nSPS) is 17.0. The van der Waals surface area contributed by atoms with Gasteiger partial charge in [-0.25, -0.2) is 4.79 Å². The molecule has 1 unspecified atom stereocenters. The predicted octanol–water partition coefficient (Wildman–Crippen LogP) is 7.71. The molecule has 3 aromatic carbocycles. The molecule has 0 aromatic heterocycles. The van der Waals surface area contributed by atoms with Crippen LogP contribution in [0, 0.1) is 0 Å². The van der Waals surface area contributed by atoms with Crippen LogP contribution in [0.25, 0.3) is 0 Å². The van der Waals surface area contributed by atoms with Gasteiger partial charge in [0, 0.05) is 24.5 Å². The van der Waals surface area contributed by atoms with E-state index in [1.54, 1.807) is 17.0 Å². The van der Waals surface area contributed by atoms with Crippen molar-refractivity contribution in [3.8, 4) is 0 Å². The number of hydrogen-bond donors (Lipinski definition) is 3. The molecule has 1 saturated heterocycles. The lowest BCUT2D eigenvalue weighted by molar-refractivity contribution is -0.145. The van der Waals surface area contributed by atoms with E-state index in [-0.39, 0.29) is 35.2 Å². The zero-order chi connectivity index (χ0) is 37.7. The second-order valence-electron chi connectivity index (χ2n) is 16.2. The number of likely N-dealkylation sites (tertiary alicyclic amines) is 1. The number of anilines is 2. The number of benzene rings is 3. The molecule has 0 bridgehead atoms. The van der Waals surface area contributed by atoms with E-state index in [2.05, 4.69) is 105 Å². The summed E-state index contributed by atoms with van der Waals surface area (Å²) in [7, 11) is -4.93. The van der Waals surface area contributed by atoms with Crippen LogP contribution in [0.4, 0.5) is 16.2 Å². The molecule has 3 aromatic rings. The van der Waals surface area contributed by atoms with Crippen LogP contribution < -0.4 is 21.0 Å². The Hall–Kier alpha value is -3.01. The molecule has 2 amide bonds. The highest BCUT2D eigenvalue weighted by Crippen LogP contribution is 2.39. The van der Waals surface area contributed by atoms with Crippen molar-refractivity contribution in [1.29, 1.82) is 0 Å². The second-order valence-corrected chi connectivity index (χ2v) is 26.2. The number of ether oxygens (including phenoxy) is 1. The summed E-state index contributed by atoms with van der Waals surface area (Å²) in [5, 5.41) is 19.3. The average Bonchev–Trinajstić information content (AvgIpc) is 3.04. The Morgan fingerprint density at radius 3 is 2.02 bits per heavy atom. The Morgan fingerprint density at radius 2 is 1.47 bits per heavy atom. The number of piperidine rings is 1. The van der Waals surface area contributed by atoms with Crippen molar-refractivity contribution in [2.75, 3.05) is 36.9 Å². The van der Waals surface area contributed by atoms with Gasteiger partial charge in [0.15, 0.2) is 8.32 Å². The summed E-state index contributed by atoms with van der Waals surface area (Å²) in [4.78, 5) is 28.4. The van der Waals surface area contributed by atoms with Gasteiger partial charge in [-0.15, -0.1) is 0 Å². The van der Waals surface area contributed by atoms with Crippen LogP contribution in [-0.4, -0.2) is 76.8 Å². The van der Waals surface area contributed by atoms with E-state index in [4.69, 9.17) is 13.6 Å². The fourth-order valence-electron chi connectivity index (χ4n) is 6.24. The molecule has 1 heterocycles. The van der Waals surface area contributed by atoms with Gasteiger partial charge < -0.3 is 34.2 Å². The van der Waals surface area contributed by atoms with Crippen LogP contribution in [-0.2, 0) is 18.4 Å². The molecule has 4 rings (SSSR count). The number of halogens is 1.